The topological polar surface area (TPSA) is 67.4 Å². The van der Waals surface area contributed by atoms with Gasteiger partial charge in [-0.3, -0.25) is 0 Å². The molecule has 0 radical (unpaired) electrons. The van der Waals surface area contributed by atoms with Crippen LogP contribution >= 0.6 is 0 Å². The number of hydrogen-bond acceptors (Lipinski definition) is 4. The minimum absolute atomic E-state index is 0.108. The van der Waals surface area contributed by atoms with Crippen molar-refractivity contribution in [3.05, 3.63) is 23.8 Å². The number of fused-ring (bicyclic) bond motifs is 1. The van der Waals surface area contributed by atoms with Crippen LogP contribution in [-0.2, 0) is 21.2 Å². The minimum atomic E-state index is -3.45. The van der Waals surface area contributed by atoms with Crippen LogP contribution < -0.4 is 10.0 Å². The van der Waals surface area contributed by atoms with Crippen LogP contribution in [0.1, 0.15) is 24.8 Å². The molecule has 0 aliphatic carbocycles. The van der Waals surface area contributed by atoms with Gasteiger partial charge in [0, 0.05) is 24.9 Å². The zero-order valence-electron chi connectivity index (χ0n) is 11.4. The van der Waals surface area contributed by atoms with Gasteiger partial charge in [-0.1, -0.05) is 0 Å². The van der Waals surface area contributed by atoms with E-state index in [1.54, 1.807) is 12.1 Å². The molecular weight excluding hydrogens is 276 g/mol. The van der Waals surface area contributed by atoms with Crippen LogP contribution in [-0.4, -0.2) is 34.2 Å². The molecule has 1 saturated heterocycles. The van der Waals surface area contributed by atoms with Crippen LogP contribution in [0, 0.1) is 0 Å². The van der Waals surface area contributed by atoms with Gasteiger partial charge in [0.25, 0.3) is 0 Å². The SMILES string of the molecule is O=S(=O)(NC1CCCOC1)c1ccc2c(c1)CCCN2. The van der Waals surface area contributed by atoms with Crippen molar-refractivity contribution in [1.29, 1.82) is 0 Å². The van der Waals surface area contributed by atoms with Crippen LogP contribution in [0.2, 0.25) is 0 Å². The molecule has 2 heterocycles. The van der Waals surface area contributed by atoms with Gasteiger partial charge in [-0.05, 0) is 49.4 Å². The largest absolute Gasteiger partial charge is 0.385 e. The highest BCUT2D eigenvalue weighted by molar-refractivity contribution is 7.89. The molecule has 0 amide bonds. The number of hydrogen-bond donors (Lipinski definition) is 2. The lowest BCUT2D eigenvalue weighted by atomic mass is 10.0. The first kappa shape index (κ1) is 13.9. The number of sulfonamides is 1. The van der Waals surface area contributed by atoms with Crippen LogP contribution in [0.3, 0.4) is 0 Å². The van der Waals surface area contributed by atoms with E-state index in [4.69, 9.17) is 4.74 Å². The Morgan fingerprint density at radius 1 is 1.30 bits per heavy atom. The molecule has 1 atom stereocenters. The first-order chi connectivity index (χ1) is 9.65. The quantitative estimate of drug-likeness (QED) is 0.887. The second-order valence-corrected chi connectivity index (χ2v) is 7.10. The minimum Gasteiger partial charge on any atom is -0.385 e. The maximum absolute atomic E-state index is 12.4. The van der Waals surface area contributed by atoms with Crippen molar-refractivity contribution in [2.75, 3.05) is 25.1 Å². The Morgan fingerprint density at radius 3 is 3.00 bits per heavy atom. The van der Waals surface area contributed by atoms with Crippen LogP contribution in [0.25, 0.3) is 0 Å². The average molecular weight is 296 g/mol. The summed E-state index contributed by atoms with van der Waals surface area (Å²) in [5.41, 5.74) is 2.13. The van der Waals surface area contributed by atoms with Gasteiger partial charge in [-0.25, -0.2) is 13.1 Å². The van der Waals surface area contributed by atoms with E-state index in [-0.39, 0.29) is 6.04 Å². The van der Waals surface area contributed by atoms with E-state index in [0.29, 0.717) is 11.5 Å². The molecule has 1 unspecified atom stereocenters. The van der Waals surface area contributed by atoms with Crippen molar-refractivity contribution >= 4 is 15.7 Å². The summed E-state index contributed by atoms with van der Waals surface area (Å²) in [5, 5.41) is 3.29. The molecule has 2 aliphatic rings. The molecule has 2 N–H and O–H groups in total. The maximum atomic E-state index is 12.4. The first-order valence-corrected chi connectivity index (χ1v) is 8.60. The van der Waals surface area contributed by atoms with Gasteiger partial charge >= 0.3 is 0 Å². The number of nitrogens with one attached hydrogen (secondary N) is 2. The summed E-state index contributed by atoms with van der Waals surface area (Å²) in [6.45, 7) is 2.14. The Labute approximate surface area is 119 Å². The summed E-state index contributed by atoms with van der Waals surface area (Å²) < 4.78 is 32.9. The van der Waals surface area contributed by atoms with Crippen LogP contribution in [0.4, 0.5) is 5.69 Å². The summed E-state index contributed by atoms with van der Waals surface area (Å²) >= 11 is 0. The van der Waals surface area contributed by atoms with Gasteiger partial charge in [0.15, 0.2) is 0 Å². The fourth-order valence-electron chi connectivity index (χ4n) is 2.74. The summed E-state index contributed by atoms with van der Waals surface area (Å²) in [6.07, 6.45) is 3.71. The lowest BCUT2D eigenvalue weighted by Gasteiger charge is -2.23. The average Bonchev–Trinajstić information content (AvgIpc) is 2.47. The van der Waals surface area contributed by atoms with E-state index in [9.17, 15) is 8.42 Å². The first-order valence-electron chi connectivity index (χ1n) is 7.12. The van der Waals surface area contributed by atoms with Gasteiger partial charge in [0.2, 0.25) is 10.0 Å². The fraction of sp³-hybridized carbons (Fsp3) is 0.571. The smallest absolute Gasteiger partial charge is 0.240 e. The lowest BCUT2D eigenvalue weighted by Crippen LogP contribution is -2.40. The normalized spacial score (nSPS) is 22.9. The van der Waals surface area contributed by atoms with Crippen molar-refractivity contribution < 1.29 is 13.2 Å². The molecule has 0 bridgehead atoms. The number of rotatable bonds is 3. The van der Waals surface area contributed by atoms with E-state index >= 15 is 0 Å². The third kappa shape index (κ3) is 2.97. The second kappa shape index (κ2) is 5.71. The van der Waals surface area contributed by atoms with Gasteiger partial charge in [0.05, 0.1) is 11.5 Å². The van der Waals surface area contributed by atoms with Crippen molar-refractivity contribution in [3.63, 3.8) is 0 Å². The number of benzene rings is 1. The van der Waals surface area contributed by atoms with E-state index < -0.39 is 10.0 Å². The van der Waals surface area contributed by atoms with Crippen LogP contribution in [0.5, 0.6) is 0 Å². The highest BCUT2D eigenvalue weighted by Gasteiger charge is 2.23. The predicted molar refractivity (Wildman–Crippen MR) is 77.4 cm³/mol. The summed E-state index contributed by atoms with van der Waals surface area (Å²) in [7, 11) is -3.45. The molecule has 1 fully saturated rings. The highest BCUT2D eigenvalue weighted by atomic mass is 32.2. The molecular formula is C14H20N2O3S. The Hall–Kier alpha value is -1.11. The van der Waals surface area contributed by atoms with E-state index in [2.05, 4.69) is 10.0 Å². The summed E-state index contributed by atoms with van der Waals surface area (Å²) in [4.78, 5) is 0.352. The molecule has 3 rings (SSSR count). The Bertz CT molecular complexity index is 580. The Kier molecular flexibility index (Phi) is 3.96. The van der Waals surface area contributed by atoms with Gasteiger partial charge < -0.3 is 10.1 Å². The fourth-order valence-corrected chi connectivity index (χ4v) is 4.04. The van der Waals surface area contributed by atoms with Gasteiger partial charge in [0.1, 0.15) is 0 Å². The molecule has 0 aromatic heterocycles. The zero-order valence-corrected chi connectivity index (χ0v) is 12.2. The third-order valence-corrected chi connectivity index (χ3v) is 5.33. The van der Waals surface area contributed by atoms with E-state index in [1.165, 1.54) is 0 Å². The molecule has 110 valence electrons. The predicted octanol–water partition coefficient (Wildman–Crippen LogP) is 1.50. The van der Waals surface area contributed by atoms with Crippen LogP contribution in [0.15, 0.2) is 23.1 Å². The van der Waals surface area contributed by atoms with Gasteiger partial charge in [-0.15, -0.1) is 0 Å². The number of aryl methyl sites for hydroxylation is 1. The second-order valence-electron chi connectivity index (χ2n) is 5.38. The van der Waals surface area contributed by atoms with Crippen molar-refractivity contribution in [3.8, 4) is 0 Å². The molecule has 0 spiro atoms. The van der Waals surface area contributed by atoms with Crippen molar-refractivity contribution in [2.45, 2.75) is 36.6 Å². The highest BCUT2D eigenvalue weighted by Crippen LogP contribution is 2.25. The molecule has 5 nitrogen and oxygen atoms in total. The summed E-state index contributed by atoms with van der Waals surface area (Å²) in [6, 6.07) is 5.21. The zero-order chi connectivity index (χ0) is 14.0. The molecule has 1 aromatic carbocycles. The molecule has 20 heavy (non-hydrogen) atoms. The summed E-state index contributed by atoms with van der Waals surface area (Å²) in [5.74, 6) is 0. The molecule has 0 saturated carbocycles. The standard InChI is InChI=1S/C14H20N2O3S/c17-20(18,16-12-4-2-8-19-10-12)13-5-6-14-11(9-13)3-1-7-15-14/h5-6,9,12,15-16H,1-4,7-8,10H2. The maximum Gasteiger partial charge on any atom is 0.240 e. The number of anilines is 1. The van der Waals surface area contributed by atoms with Gasteiger partial charge in [-0.2, -0.15) is 0 Å². The van der Waals surface area contributed by atoms with E-state index in [0.717, 1.165) is 50.1 Å². The molecule has 2 aliphatic heterocycles. The van der Waals surface area contributed by atoms with E-state index in [1.807, 2.05) is 6.07 Å². The van der Waals surface area contributed by atoms with Crippen molar-refractivity contribution in [2.24, 2.45) is 0 Å². The lowest BCUT2D eigenvalue weighted by molar-refractivity contribution is 0.0774. The monoisotopic (exact) mass is 296 g/mol. The molecule has 6 heteroatoms. The number of ether oxygens (including phenoxy) is 1. The Balaban J connectivity index is 1.79. The molecule has 1 aromatic rings. The third-order valence-electron chi connectivity index (χ3n) is 3.81. The Morgan fingerprint density at radius 2 is 2.20 bits per heavy atom. The van der Waals surface area contributed by atoms with Crippen molar-refractivity contribution in [1.82, 2.24) is 4.72 Å².